The van der Waals surface area contributed by atoms with E-state index in [4.69, 9.17) is 26.2 Å². The van der Waals surface area contributed by atoms with Crippen LogP contribution >= 0.6 is 11.6 Å². The van der Waals surface area contributed by atoms with Gasteiger partial charge in [0.25, 0.3) is 0 Å². The summed E-state index contributed by atoms with van der Waals surface area (Å²) in [5, 5.41) is 24.6. The minimum Gasteiger partial charge on any atom is -0.489 e. The number of anilines is 5. The van der Waals surface area contributed by atoms with E-state index in [9.17, 15) is 14.3 Å². The van der Waals surface area contributed by atoms with Gasteiger partial charge in [0.15, 0.2) is 11.6 Å². The van der Waals surface area contributed by atoms with Crippen molar-refractivity contribution in [2.45, 2.75) is 12.5 Å². The molecule has 0 bridgehead atoms. The van der Waals surface area contributed by atoms with Crippen LogP contribution in [0.15, 0.2) is 42.6 Å². The molecule has 0 radical (unpaired) electrons. The Balaban J connectivity index is 1.56. The van der Waals surface area contributed by atoms with Crippen molar-refractivity contribution in [3.8, 4) is 5.75 Å². The second-order valence-electron chi connectivity index (χ2n) is 7.67. The summed E-state index contributed by atoms with van der Waals surface area (Å²) in [6.45, 7) is -0.455. The largest absolute Gasteiger partial charge is 0.489 e. The summed E-state index contributed by atoms with van der Waals surface area (Å²) in [7, 11) is 1.64. The first-order valence-electron chi connectivity index (χ1n) is 10.7. The second kappa shape index (κ2) is 10.7. The maximum absolute atomic E-state index is 14.6. The number of ether oxygens (including phenoxy) is 2. The highest BCUT2D eigenvalue weighted by Crippen LogP contribution is 2.33. The number of fused-ring (bicyclic) bond motifs is 1. The molecule has 4 N–H and O–H groups in total. The van der Waals surface area contributed by atoms with Gasteiger partial charge in [0.1, 0.15) is 29.2 Å². The summed E-state index contributed by atoms with van der Waals surface area (Å²) >= 11 is 6.24. The minimum absolute atomic E-state index is 0.0399. The van der Waals surface area contributed by atoms with Crippen LogP contribution in [0.3, 0.4) is 0 Å². The number of aliphatic hydroxyl groups is 2. The Labute approximate surface area is 205 Å². The van der Waals surface area contributed by atoms with Crippen molar-refractivity contribution in [1.29, 1.82) is 0 Å². The van der Waals surface area contributed by atoms with Crippen molar-refractivity contribution in [2.75, 3.05) is 42.4 Å². The smallest absolute Gasteiger partial charge is 0.414 e. The molecule has 1 atom stereocenters. The van der Waals surface area contributed by atoms with Crippen LogP contribution in [0.5, 0.6) is 5.75 Å². The molecule has 1 amide bonds. The van der Waals surface area contributed by atoms with Gasteiger partial charge in [0.2, 0.25) is 5.95 Å². The molecule has 184 valence electrons. The number of carbonyl (C=O) groups excluding carboxylic acids is 1. The molecule has 0 saturated carbocycles. The van der Waals surface area contributed by atoms with Crippen molar-refractivity contribution in [3.05, 3.63) is 59.0 Å². The highest BCUT2D eigenvalue weighted by molar-refractivity contribution is 6.33. The maximum Gasteiger partial charge on any atom is 0.414 e. The summed E-state index contributed by atoms with van der Waals surface area (Å²) in [4.78, 5) is 21.9. The molecular weight excluding hydrogens is 481 g/mol. The predicted molar refractivity (Wildman–Crippen MR) is 128 cm³/mol. The molecule has 3 aromatic rings. The lowest BCUT2D eigenvalue weighted by molar-refractivity contribution is 0.0537. The number of benzene rings is 2. The van der Waals surface area contributed by atoms with Gasteiger partial charge in [-0.25, -0.2) is 14.2 Å². The van der Waals surface area contributed by atoms with Crippen LogP contribution < -0.4 is 20.3 Å². The number of halogens is 2. The average molecular weight is 504 g/mol. The zero-order valence-corrected chi connectivity index (χ0v) is 19.4. The third-order valence-electron chi connectivity index (χ3n) is 5.17. The number of nitrogens with zero attached hydrogens (tertiary/aromatic N) is 3. The fourth-order valence-electron chi connectivity index (χ4n) is 3.38. The highest BCUT2D eigenvalue weighted by atomic mass is 35.5. The van der Waals surface area contributed by atoms with E-state index in [1.807, 2.05) is 6.07 Å². The third-order valence-corrected chi connectivity index (χ3v) is 5.45. The number of hydrogen-bond donors (Lipinski definition) is 4. The molecule has 0 saturated heterocycles. The van der Waals surface area contributed by atoms with Crippen molar-refractivity contribution < 1.29 is 28.9 Å². The number of aromatic nitrogens is 2. The summed E-state index contributed by atoms with van der Waals surface area (Å²) in [6.07, 6.45) is 0.384. The van der Waals surface area contributed by atoms with E-state index in [0.29, 0.717) is 12.1 Å². The van der Waals surface area contributed by atoms with Gasteiger partial charge < -0.3 is 30.3 Å². The van der Waals surface area contributed by atoms with Gasteiger partial charge in [-0.2, -0.15) is 4.98 Å². The predicted octanol–water partition coefficient (Wildman–Crippen LogP) is 3.62. The third kappa shape index (κ3) is 5.70. The van der Waals surface area contributed by atoms with Crippen molar-refractivity contribution in [1.82, 2.24) is 9.97 Å². The molecule has 0 spiro atoms. The summed E-state index contributed by atoms with van der Waals surface area (Å²) in [5.41, 5.74) is 2.29. The van der Waals surface area contributed by atoms with Crippen LogP contribution in [0.25, 0.3) is 0 Å². The van der Waals surface area contributed by atoms with E-state index in [-0.39, 0.29) is 41.4 Å². The molecule has 2 heterocycles. The Morgan fingerprint density at radius 3 is 2.94 bits per heavy atom. The number of para-hydroxylation sites is 1. The van der Waals surface area contributed by atoms with Gasteiger partial charge in [-0.05, 0) is 35.9 Å². The molecule has 1 unspecified atom stereocenters. The molecule has 0 fully saturated rings. The number of hydrogen-bond acceptors (Lipinski definition) is 9. The number of amides is 1. The monoisotopic (exact) mass is 503 g/mol. The summed E-state index contributed by atoms with van der Waals surface area (Å²) < 4.78 is 25.2. The van der Waals surface area contributed by atoms with Crippen LogP contribution in [-0.2, 0) is 11.2 Å². The highest BCUT2D eigenvalue weighted by Gasteiger charge is 2.20. The van der Waals surface area contributed by atoms with E-state index in [1.54, 1.807) is 19.2 Å². The Kier molecular flexibility index (Phi) is 7.49. The van der Waals surface area contributed by atoms with E-state index in [1.165, 1.54) is 29.3 Å². The number of rotatable bonds is 8. The number of cyclic esters (lactones) is 1. The normalized spacial score (nSPS) is 14.0. The molecule has 4 rings (SSSR count). The van der Waals surface area contributed by atoms with Gasteiger partial charge in [-0.1, -0.05) is 17.7 Å². The average Bonchev–Trinajstić information content (AvgIpc) is 2.99. The fourth-order valence-corrected chi connectivity index (χ4v) is 3.52. The van der Waals surface area contributed by atoms with Crippen LogP contribution in [0.1, 0.15) is 5.56 Å². The molecule has 1 aromatic heterocycles. The van der Waals surface area contributed by atoms with Crippen molar-refractivity contribution >= 4 is 46.5 Å². The Bertz CT molecular complexity index is 1230. The van der Waals surface area contributed by atoms with Gasteiger partial charge in [-0.15, -0.1) is 0 Å². The molecule has 0 aliphatic carbocycles. The number of nitrogens with one attached hydrogen (secondary N) is 2. The maximum atomic E-state index is 14.6. The number of aliphatic hydroxyl groups excluding tert-OH is 2. The standard InChI is InChI=1S/C23H23ClFN5O5/c1-30-18-6-5-14(9-13(18)7-8-34-23(30)33)27-22-26-10-16(24)21(29-22)28-20-17(25)3-2-4-19(20)35-12-15(32)11-31/h2-6,9-10,15,31-32H,7-8,11-12H2,1H3,(H2,26,27,28,29). The summed E-state index contributed by atoms with van der Waals surface area (Å²) in [5.74, 6) is -0.207. The van der Waals surface area contributed by atoms with E-state index >= 15 is 0 Å². The minimum atomic E-state index is -1.12. The van der Waals surface area contributed by atoms with Crippen LogP contribution in [-0.4, -0.2) is 59.2 Å². The lowest BCUT2D eigenvalue weighted by atomic mass is 10.1. The Hall–Kier alpha value is -3.67. The van der Waals surface area contributed by atoms with Crippen LogP contribution in [0.4, 0.5) is 38.0 Å². The Morgan fingerprint density at radius 2 is 2.14 bits per heavy atom. The fraction of sp³-hybridized carbons (Fsp3) is 0.261. The SMILES string of the molecule is CN1C(=O)OCCc2cc(Nc3ncc(Cl)c(Nc4c(F)cccc4OCC(O)CO)n3)ccc21. The molecule has 35 heavy (non-hydrogen) atoms. The van der Waals surface area contributed by atoms with Crippen LogP contribution in [0, 0.1) is 5.82 Å². The zero-order valence-electron chi connectivity index (χ0n) is 18.7. The molecule has 12 heteroatoms. The second-order valence-corrected chi connectivity index (χ2v) is 8.07. The molecule has 1 aliphatic heterocycles. The van der Waals surface area contributed by atoms with E-state index in [0.717, 1.165) is 11.3 Å². The first kappa shape index (κ1) is 24.5. The Morgan fingerprint density at radius 1 is 1.31 bits per heavy atom. The lowest BCUT2D eigenvalue weighted by Crippen LogP contribution is -2.25. The van der Waals surface area contributed by atoms with Crippen molar-refractivity contribution in [2.24, 2.45) is 0 Å². The van der Waals surface area contributed by atoms with Gasteiger partial charge >= 0.3 is 6.09 Å². The molecule has 10 nitrogen and oxygen atoms in total. The number of carbonyl (C=O) groups is 1. The van der Waals surface area contributed by atoms with Gasteiger partial charge in [0.05, 0.1) is 25.1 Å². The van der Waals surface area contributed by atoms with E-state index in [2.05, 4.69) is 20.6 Å². The molecule has 2 aromatic carbocycles. The van der Waals surface area contributed by atoms with Crippen LogP contribution in [0.2, 0.25) is 5.02 Å². The first-order valence-corrected chi connectivity index (χ1v) is 11.0. The topological polar surface area (TPSA) is 129 Å². The zero-order chi connectivity index (χ0) is 24.9. The van der Waals surface area contributed by atoms with Gasteiger partial charge in [0, 0.05) is 19.2 Å². The lowest BCUT2D eigenvalue weighted by Gasteiger charge is -2.17. The summed E-state index contributed by atoms with van der Waals surface area (Å²) in [6, 6.07) is 9.62. The van der Waals surface area contributed by atoms with Crippen molar-refractivity contribution in [3.63, 3.8) is 0 Å². The van der Waals surface area contributed by atoms with Gasteiger partial charge in [-0.3, -0.25) is 4.90 Å². The first-order chi connectivity index (χ1) is 16.9. The molecular formula is C23H23ClFN5O5. The quantitative estimate of drug-likeness (QED) is 0.364. The van der Waals surface area contributed by atoms with E-state index < -0.39 is 24.6 Å². The molecule has 1 aliphatic rings.